The van der Waals surface area contributed by atoms with Crippen LogP contribution in [0.2, 0.25) is 0 Å². The quantitative estimate of drug-likeness (QED) is 0.732. The van der Waals surface area contributed by atoms with E-state index in [1.165, 1.54) is 7.11 Å². The van der Waals surface area contributed by atoms with Gasteiger partial charge in [0.25, 0.3) is 0 Å². The van der Waals surface area contributed by atoms with Crippen molar-refractivity contribution in [1.82, 2.24) is 0 Å². The fourth-order valence-corrected chi connectivity index (χ4v) is 2.79. The number of rotatable bonds is 5. The van der Waals surface area contributed by atoms with Crippen molar-refractivity contribution < 1.29 is 17.9 Å². The smallest absolute Gasteiger partial charge is 0.182 e. The third kappa shape index (κ3) is 2.82. The molecule has 0 spiro atoms. The maximum atomic E-state index is 11.9. The Hall–Kier alpha value is -1.36. The van der Waals surface area contributed by atoms with Crippen molar-refractivity contribution in [2.75, 3.05) is 12.9 Å². The highest BCUT2D eigenvalue weighted by Crippen LogP contribution is 2.25. The van der Waals surface area contributed by atoms with Crippen molar-refractivity contribution in [3.05, 3.63) is 23.8 Å². The lowest BCUT2D eigenvalue weighted by Crippen LogP contribution is -2.09. The summed E-state index contributed by atoms with van der Waals surface area (Å²) in [5.74, 6) is 0.132. The Morgan fingerprint density at radius 1 is 1.38 bits per heavy atom. The fourth-order valence-electron chi connectivity index (χ4n) is 1.34. The summed E-state index contributed by atoms with van der Waals surface area (Å²) in [4.78, 5) is 10.4. The molecule has 0 N–H and O–H groups in total. The van der Waals surface area contributed by atoms with Crippen molar-refractivity contribution in [1.29, 1.82) is 0 Å². The molecule has 0 atom stereocenters. The zero-order valence-corrected chi connectivity index (χ0v) is 10.1. The minimum Gasteiger partial charge on any atom is -0.495 e. The molecular weight excluding hydrogens is 228 g/mol. The van der Waals surface area contributed by atoms with Gasteiger partial charge in [0.1, 0.15) is 16.9 Å². The molecule has 1 aromatic rings. The van der Waals surface area contributed by atoms with Gasteiger partial charge in [0.05, 0.1) is 12.9 Å². The summed E-state index contributed by atoms with van der Waals surface area (Å²) in [7, 11) is -2.02. The summed E-state index contributed by atoms with van der Waals surface area (Å²) in [6.45, 7) is 1.80. The van der Waals surface area contributed by atoms with Crippen LogP contribution >= 0.6 is 0 Å². The lowest BCUT2D eigenvalue weighted by Gasteiger charge is -2.09. The molecule has 0 heterocycles. The molecule has 1 rings (SSSR count). The predicted molar refractivity (Wildman–Crippen MR) is 60.5 cm³/mol. The molecule has 4 nitrogen and oxygen atoms in total. The first-order valence-electron chi connectivity index (χ1n) is 4.82. The van der Waals surface area contributed by atoms with Gasteiger partial charge in [-0.15, -0.1) is 0 Å². The Labute approximate surface area is 95.2 Å². The fraction of sp³-hybridized carbons (Fsp3) is 0.364. The Morgan fingerprint density at radius 3 is 2.62 bits per heavy atom. The highest BCUT2D eigenvalue weighted by atomic mass is 32.2. The molecule has 0 aliphatic carbocycles. The summed E-state index contributed by atoms with van der Waals surface area (Å²) < 4.78 is 28.8. The molecule has 0 aromatic heterocycles. The van der Waals surface area contributed by atoms with Crippen LogP contribution in [0, 0.1) is 6.92 Å². The second kappa shape index (κ2) is 5.12. The van der Waals surface area contributed by atoms with Crippen LogP contribution in [0.4, 0.5) is 0 Å². The molecule has 1 aromatic carbocycles. The van der Waals surface area contributed by atoms with Crippen LogP contribution in [0.3, 0.4) is 0 Å². The molecule has 0 aliphatic heterocycles. The van der Waals surface area contributed by atoms with Crippen molar-refractivity contribution in [3.8, 4) is 5.75 Å². The van der Waals surface area contributed by atoms with E-state index in [1.807, 2.05) is 0 Å². The number of benzene rings is 1. The Bertz CT molecular complexity index is 477. The predicted octanol–water partition coefficient (Wildman–Crippen LogP) is 1.37. The Morgan fingerprint density at radius 2 is 2.06 bits per heavy atom. The second-order valence-corrected chi connectivity index (χ2v) is 5.51. The van der Waals surface area contributed by atoms with Crippen LogP contribution in [0.5, 0.6) is 5.75 Å². The minimum absolute atomic E-state index is 0.000566. The molecule has 0 radical (unpaired) electrons. The number of aryl methyl sites for hydroxylation is 1. The highest BCUT2D eigenvalue weighted by molar-refractivity contribution is 7.91. The maximum Gasteiger partial charge on any atom is 0.182 e. The van der Waals surface area contributed by atoms with Gasteiger partial charge in [0.15, 0.2) is 9.84 Å². The monoisotopic (exact) mass is 242 g/mol. The van der Waals surface area contributed by atoms with Gasteiger partial charge in [-0.2, -0.15) is 0 Å². The van der Waals surface area contributed by atoms with E-state index in [9.17, 15) is 13.2 Å². The lowest BCUT2D eigenvalue weighted by atomic mass is 10.2. The molecule has 0 fully saturated rings. The van der Waals surface area contributed by atoms with Crippen molar-refractivity contribution in [3.63, 3.8) is 0 Å². The van der Waals surface area contributed by atoms with Crippen LogP contribution in [0.25, 0.3) is 0 Å². The normalized spacial score (nSPS) is 11.1. The molecule has 5 heteroatoms. The molecule has 0 aliphatic rings. The topological polar surface area (TPSA) is 60.4 Å². The van der Waals surface area contributed by atoms with Crippen LogP contribution in [0.1, 0.15) is 12.0 Å². The summed E-state index contributed by atoms with van der Waals surface area (Å²) in [5.41, 5.74) is 0.838. The van der Waals surface area contributed by atoms with Gasteiger partial charge < -0.3 is 9.53 Å². The van der Waals surface area contributed by atoms with Crippen LogP contribution in [-0.4, -0.2) is 27.6 Å². The first-order valence-corrected chi connectivity index (χ1v) is 6.47. The number of ether oxygens (including phenoxy) is 1. The average Bonchev–Trinajstić information content (AvgIpc) is 2.26. The van der Waals surface area contributed by atoms with E-state index < -0.39 is 9.84 Å². The number of methoxy groups -OCH3 is 1. The summed E-state index contributed by atoms with van der Waals surface area (Å²) in [5, 5.41) is 0. The number of carbonyl (C=O) groups is 1. The molecule has 0 amide bonds. The van der Waals surface area contributed by atoms with E-state index >= 15 is 0 Å². The molecule has 0 unspecified atom stereocenters. The average molecular weight is 242 g/mol. The number of sulfone groups is 1. The summed E-state index contributed by atoms with van der Waals surface area (Å²) >= 11 is 0. The van der Waals surface area contributed by atoms with E-state index in [4.69, 9.17) is 4.74 Å². The van der Waals surface area contributed by atoms with Gasteiger partial charge >= 0.3 is 0 Å². The number of carbonyl (C=O) groups excluding carboxylic acids is 1. The molecule has 0 saturated carbocycles. The first-order chi connectivity index (χ1) is 7.51. The summed E-state index contributed by atoms with van der Waals surface area (Å²) in [6, 6.07) is 4.94. The standard InChI is InChI=1S/C11H14O4S/c1-9-4-5-10(15-2)11(8-9)16(13,14)7-3-6-12/h4-6,8H,3,7H2,1-2H3. The van der Waals surface area contributed by atoms with E-state index in [-0.39, 0.29) is 17.1 Å². The number of hydrogen-bond acceptors (Lipinski definition) is 4. The number of aldehydes is 1. The van der Waals surface area contributed by atoms with Crippen LogP contribution in [0.15, 0.2) is 23.1 Å². The third-order valence-electron chi connectivity index (χ3n) is 2.16. The van der Waals surface area contributed by atoms with Crippen LogP contribution in [-0.2, 0) is 14.6 Å². The van der Waals surface area contributed by atoms with E-state index in [2.05, 4.69) is 0 Å². The van der Waals surface area contributed by atoms with Gasteiger partial charge in [-0.3, -0.25) is 0 Å². The SMILES string of the molecule is COc1ccc(C)cc1S(=O)(=O)CCC=O. The molecule has 0 bridgehead atoms. The van der Waals surface area contributed by atoms with Gasteiger partial charge in [-0.05, 0) is 24.6 Å². The molecule has 16 heavy (non-hydrogen) atoms. The van der Waals surface area contributed by atoms with Gasteiger partial charge in [-0.1, -0.05) is 6.07 Å². The van der Waals surface area contributed by atoms with E-state index in [0.29, 0.717) is 12.0 Å². The largest absolute Gasteiger partial charge is 0.495 e. The second-order valence-electron chi connectivity index (χ2n) is 3.43. The summed E-state index contributed by atoms with van der Waals surface area (Å²) in [6.07, 6.45) is 0.596. The molecule has 88 valence electrons. The Balaban J connectivity index is 3.19. The van der Waals surface area contributed by atoms with Gasteiger partial charge in [-0.25, -0.2) is 8.42 Å². The van der Waals surface area contributed by atoms with Gasteiger partial charge in [0, 0.05) is 6.42 Å². The van der Waals surface area contributed by atoms with Crippen molar-refractivity contribution >= 4 is 16.1 Å². The molecular formula is C11H14O4S. The van der Waals surface area contributed by atoms with Crippen LogP contribution < -0.4 is 4.74 Å². The number of hydrogen-bond donors (Lipinski definition) is 0. The van der Waals surface area contributed by atoms with Crippen molar-refractivity contribution in [2.24, 2.45) is 0 Å². The Kier molecular flexibility index (Phi) is 4.06. The van der Waals surface area contributed by atoms with Gasteiger partial charge in [0.2, 0.25) is 0 Å². The van der Waals surface area contributed by atoms with Crippen molar-refractivity contribution in [2.45, 2.75) is 18.2 Å². The first kappa shape index (κ1) is 12.7. The molecule has 0 saturated heterocycles. The highest BCUT2D eigenvalue weighted by Gasteiger charge is 2.19. The van der Waals surface area contributed by atoms with E-state index in [1.54, 1.807) is 25.1 Å². The lowest BCUT2D eigenvalue weighted by molar-refractivity contribution is -0.107. The maximum absolute atomic E-state index is 11.9. The minimum atomic E-state index is -3.44. The zero-order chi connectivity index (χ0) is 12.2. The zero-order valence-electron chi connectivity index (χ0n) is 9.26. The third-order valence-corrected chi connectivity index (χ3v) is 3.92. The van der Waals surface area contributed by atoms with E-state index in [0.717, 1.165) is 5.56 Å².